The minimum atomic E-state index is -0.784. The zero-order valence-electron chi connectivity index (χ0n) is 13.9. The Hall–Kier alpha value is -2.71. The van der Waals surface area contributed by atoms with Crippen LogP contribution in [0.5, 0.6) is 0 Å². The Labute approximate surface area is 145 Å². The number of nitrogens with two attached hydrogens (primary N) is 1. The molecule has 1 unspecified atom stereocenters. The van der Waals surface area contributed by atoms with Crippen molar-refractivity contribution in [2.24, 2.45) is 5.73 Å². The first-order valence-electron chi connectivity index (χ1n) is 7.93. The summed E-state index contributed by atoms with van der Waals surface area (Å²) in [5.41, 5.74) is 7.22. The monoisotopic (exact) mass is 344 g/mol. The summed E-state index contributed by atoms with van der Waals surface area (Å²) in [6, 6.07) is 9.51. The van der Waals surface area contributed by atoms with E-state index in [1.54, 1.807) is 16.7 Å². The second kappa shape index (κ2) is 7.45. The molecule has 2 N–H and O–H groups in total. The normalized spacial score (nSPS) is 17.5. The van der Waals surface area contributed by atoms with Gasteiger partial charge in [0.1, 0.15) is 0 Å². The van der Waals surface area contributed by atoms with Crippen molar-refractivity contribution < 1.29 is 19.1 Å². The van der Waals surface area contributed by atoms with Gasteiger partial charge >= 0.3 is 0 Å². The number of carbonyl (C=O) groups is 2. The second-order valence-corrected chi connectivity index (χ2v) is 5.70. The Bertz CT molecular complexity index is 759. The fourth-order valence-electron chi connectivity index (χ4n) is 2.80. The standard InChI is InChI=1S/C17H20N4O4/c1-24-11-14-13(9-19-21(14)12-5-3-2-4-6-12)17(23)20-7-8-25-15(10-20)16(18)22/h2-6,9,15H,7-8,10-11H2,1H3,(H2,18,22). The van der Waals surface area contributed by atoms with Crippen LogP contribution in [0.2, 0.25) is 0 Å². The molecule has 0 saturated carbocycles. The fourth-order valence-corrected chi connectivity index (χ4v) is 2.80. The summed E-state index contributed by atoms with van der Waals surface area (Å²) < 4.78 is 12.2. The number of primary amides is 1. The summed E-state index contributed by atoms with van der Waals surface area (Å²) in [5, 5.41) is 4.34. The van der Waals surface area contributed by atoms with Crippen molar-refractivity contribution in [1.82, 2.24) is 14.7 Å². The smallest absolute Gasteiger partial charge is 0.257 e. The largest absolute Gasteiger partial charge is 0.378 e. The van der Waals surface area contributed by atoms with Crippen LogP contribution in [0.4, 0.5) is 0 Å². The van der Waals surface area contributed by atoms with Crippen LogP contribution in [-0.2, 0) is 20.9 Å². The van der Waals surface area contributed by atoms with Gasteiger partial charge in [0.2, 0.25) is 5.91 Å². The molecule has 0 radical (unpaired) electrons. The molecule has 0 spiro atoms. The van der Waals surface area contributed by atoms with Gasteiger partial charge in [0.05, 0.1) is 42.9 Å². The first kappa shape index (κ1) is 17.1. The fraction of sp³-hybridized carbons (Fsp3) is 0.353. The molecule has 8 heteroatoms. The van der Waals surface area contributed by atoms with E-state index in [1.165, 1.54) is 6.20 Å². The zero-order chi connectivity index (χ0) is 17.8. The van der Waals surface area contributed by atoms with Gasteiger partial charge in [-0.05, 0) is 12.1 Å². The van der Waals surface area contributed by atoms with Crippen molar-refractivity contribution >= 4 is 11.8 Å². The Morgan fingerprint density at radius 2 is 2.12 bits per heavy atom. The van der Waals surface area contributed by atoms with Crippen molar-refractivity contribution in [2.45, 2.75) is 12.7 Å². The molecule has 8 nitrogen and oxygen atoms in total. The van der Waals surface area contributed by atoms with Crippen LogP contribution in [-0.4, -0.2) is 59.4 Å². The lowest BCUT2D eigenvalue weighted by molar-refractivity contribution is -0.133. The average molecular weight is 344 g/mol. The maximum absolute atomic E-state index is 12.9. The number of morpholine rings is 1. The van der Waals surface area contributed by atoms with Gasteiger partial charge < -0.3 is 20.1 Å². The Morgan fingerprint density at radius 3 is 2.80 bits per heavy atom. The number of hydrogen-bond acceptors (Lipinski definition) is 5. The van der Waals surface area contributed by atoms with E-state index < -0.39 is 12.0 Å². The van der Waals surface area contributed by atoms with Crippen molar-refractivity contribution in [3.8, 4) is 5.69 Å². The van der Waals surface area contributed by atoms with Crippen molar-refractivity contribution in [1.29, 1.82) is 0 Å². The number of hydrogen-bond donors (Lipinski definition) is 1. The Balaban J connectivity index is 1.90. The molecule has 3 rings (SSSR count). The van der Waals surface area contributed by atoms with E-state index >= 15 is 0 Å². The molecule has 1 aromatic carbocycles. The minimum Gasteiger partial charge on any atom is -0.378 e. The molecule has 0 bridgehead atoms. The zero-order valence-corrected chi connectivity index (χ0v) is 13.9. The minimum absolute atomic E-state index is 0.136. The highest BCUT2D eigenvalue weighted by Crippen LogP contribution is 2.19. The lowest BCUT2D eigenvalue weighted by Gasteiger charge is -2.31. The van der Waals surface area contributed by atoms with Gasteiger partial charge in [-0.15, -0.1) is 0 Å². The van der Waals surface area contributed by atoms with Gasteiger partial charge in [0, 0.05) is 13.7 Å². The second-order valence-electron chi connectivity index (χ2n) is 5.70. The first-order valence-corrected chi connectivity index (χ1v) is 7.93. The van der Waals surface area contributed by atoms with Crippen LogP contribution >= 0.6 is 0 Å². The lowest BCUT2D eigenvalue weighted by Crippen LogP contribution is -2.50. The van der Waals surface area contributed by atoms with Gasteiger partial charge in [0.15, 0.2) is 6.10 Å². The maximum Gasteiger partial charge on any atom is 0.257 e. The first-order chi connectivity index (χ1) is 12.1. The summed E-state index contributed by atoms with van der Waals surface area (Å²) in [6.07, 6.45) is 0.742. The van der Waals surface area contributed by atoms with Gasteiger partial charge in [-0.3, -0.25) is 9.59 Å². The van der Waals surface area contributed by atoms with E-state index in [-0.39, 0.29) is 25.7 Å². The van der Waals surface area contributed by atoms with Gasteiger partial charge in [-0.25, -0.2) is 4.68 Å². The van der Waals surface area contributed by atoms with Crippen LogP contribution in [0, 0.1) is 0 Å². The number of ether oxygens (including phenoxy) is 2. The van der Waals surface area contributed by atoms with Gasteiger partial charge in [-0.1, -0.05) is 18.2 Å². The van der Waals surface area contributed by atoms with Crippen LogP contribution in [0.1, 0.15) is 16.1 Å². The predicted octanol–water partition coefficient (Wildman–Crippen LogP) is 0.345. The quantitative estimate of drug-likeness (QED) is 0.843. The molecule has 1 saturated heterocycles. The van der Waals surface area contributed by atoms with Crippen LogP contribution in [0.15, 0.2) is 36.5 Å². The van der Waals surface area contributed by atoms with E-state index in [4.69, 9.17) is 15.2 Å². The van der Waals surface area contributed by atoms with Crippen LogP contribution in [0.3, 0.4) is 0 Å². The van der Waals surface area contributed by atoms with E-state index in [9.17, 15) is 9.59 Å². The molecule has 1 aromatic heterocycles. The molecule has 1 atom stereocenters. The van der Waals surface area contributed by atoms with Gasteiger partial charge in [-0.2, -0.15) is 5.10 Å². The van der Waals surface area contributed by atoms with E-state index in [0.717, 1.165) is 5.69 Å². The number of aromatic nitrogens is 2. The predicted molar refractivity (Wildman–Crippen MR) is 89.1 cm³/mol. The molecular formula is C17H20N4O4. The van der Waals surface area contributed by atoms with E-state index in [0.29, 0.717) is 17.8 Å². The number of para-hydroxylation sites is 1. The van der Waals surface area contributed by atoms with E-state index in [2.05, 4.69) is 5.10 Å². The molecule has 25 heavy (non-hydrogen) atoms. The summed E-state index contributed by atoms with van der Waals surface area (Å²) in [4.78, 5) is 25.8. The molecule has 132 valence electrons. The van der Waals surface area contributed by atoms with Gasteiger partial charge in [0.25, 0.3) is 5.91 Å². The highest BCUT2D eigenvalue weighted by Gasteiger charge is 2.30. The lowest BCUT2D eigenvalue weighted by atomic mass is 10.2. The number of amides is 2. The summed E-state index contributed by atoms with van der Waals surface area (Å²) in [6.45, 7) is 1.04. The van der Waals surface area contributed by atoms with Crippen LogP contribution in [0.25, 0.3) is 5.69 Å². The molecule has 0 aliphatic carbocycles. The molecule has 2 amide bonds. The van der Waals surface area contributed by atoms with Crippen molar-refractivity contribution in [3.63, 3.8) is 0 Å². The van der Waals surface area contributed by atoms with E-state index in [1.807, 2.05) is 30.3 Å². The molecule has 1 aliphatic rings. The highest BCUT2D eigenvalue weighted by molar-refractivity contribution is 5.95. The summed E-state index contributed by atoms with van der Waals surface area (Å²) in [7, 11) is 1.56. The topological polar surface area (TPSA) is 99.7 Å². The molecule has 2 aromatic rings. The maximum atomic E-state index is 12.9. The SMILES string of the molecule is COCc1c(C(=O)N2CCOC(C(N)=O)C2)cnn1-c1ccccc1. The number of carbonyl (C=O) groups excluding carboxylic acids is 2. The average Bonchev–Trinajstić information content (AvgIpc) is 3.06. The molecule has 2 heterocycles. The summed E-state index contributed by atoms with van der Waals surface area (Å²) >= 11 is 0. The third-order valence-electron chi connectivity index (χ3n) is 4.05. The van der Waals surface area contributed by atoms with Crippen molar-refractivity contribution in [3.05, 3.63) is 47.8 Å². The number of rotatable bonds is 5. The number of benzene rings is 1. The third-order valence-corrected chi connectivity index (χ3v) is 4.05. The third kappa shape index (κ3) is 3.54. The van der Waals surface area contributed by atoms with Crippen molar-refractivity contribution in [2.75, 3.05) is 26.8 Å². The summed E-state index contributed by atoms with van der Waals surface area (Å²) in [5.74, 6) is -0.793. The Morgan fingerprint density at radius 1 is 1.36 bits per heavy atom. The highest BCUT2D eigenvalue weighted by atomic mass is 16.5. The molecular weight excluding hydrogens is 324 g/mol. The van der Waals surface area contributed by atoms with Crippen LogP contribution < -0.4 is 5.73 Å². The molecule has 1 fully saturated rings. The number of methoxy groups -OCH3 is 1. The molecule has 1 aliphatic heterocycles. The Kier molecular flexibility index (Phi) is 5.11. The number of nitrogens with zero attached hydrogens (tertiary/aromatic N) is 3.